The van der Waals surface area contributed by atoms with E-state index in [-0.39, 0.29) is 23.5 Å². The Bertz CT molecular complexity index is 747. The highest BCUT2D eigenvalue weighted by Crippen LogP contribution is 2.29. The number of rotatable bonds is 5. The normalized spacial score (nSPS) is 15.4. The zero-order chi connectivity index (χ0) is 17.3. The lowest BCUT2D eigenvalue weighted by molar-refractivity contribution is 0.0908. The van der Waals surface area contributed by atoms with Gasteiger partial charge < -0.3 is 14.6 Å². The molecule has 0 radical (unpaired) electrons. The number of likely N-dealkylation sites (N-methyl/N-ethyl adjacent to an activating group) is 1. The number of furan rings is 1. The number of thiophene rings is 1. The second kappa shape index (κ2) is 6.91. The van der Waals surface area contributed by atoms with Gasteiger partial charge in [-0.05, 0) is 38.9 Å². The summed E-state index contributed by atoms with van der Waals surface area (Å²) >= 11 is 1.67. The topological polar surface area (TPSA) is 62.6 Å². The number of amides is 1. The maximum absolute atomic E-state index is 12.6. The summed E-state index contributed by atoms with van der Waals surface area (Å²) < 4.78 is 5.71. The molecule has 1 N–H and O–H groups in total. The Kier molecular flexibility index (Phi) is 4.87. The molecule has 0 saturated heterocycles. The molecule has 0 aliphatic heterocycles. The van der Waals surface area contributed by atoms with Crippen molar-refractivity contribution in [2.75, 3.05) is 20.6 Å². The SMILES string of the molecule is Cc1c(C(=O)NC[C@H](c2cccs2)N(C)C)oc2c1C(=O)CCC2. The number of nitrogens with one attached hydrogen (secondary N) is 1. The van der Waals surface area contributed by atoms with E-state index < -0.39 is 0 Å². The molecule has 128 valence electrons. The van der Waals surface area contributed by atoms with E-state index in [9.17, 15) is 9.59 Å². The number of nitrogens with zero attached hydrogens (tertiary/aromatic N) is 1. The first kappa shape index (κ1) is 16.9. The predicted molar refractivity (Wildman–Crippen MR) is 93.8 cm³/mol. The molecular formula is C18H22N2O3S. The summed E-state index contributed by atoms with van der Waals surface area (Å²) in [5, 5.41) is 4.99. The van der Waals surface area contributed by atoms with Gasteiger partial charge in [-0.25, -0.2) is 0 Å². The van der Waals surface area contributed by atoms with Crippen LogP contribution in [0.4, 0.5) is 0 Å². The monoisotopic (exact) mass is 346 g/mol. The van der Waals surface area contributed by atoms with E-state index in [4.69, 9.17) is 4.42 Å². The molecule has 0 bridgehead atoms. The Morgan fingerprint density at radius 2 is 2.21 bits per heavy atom. The van der Waals surface area contributed by atoms with E-state index in [2.05, 4.69) is 16.3 Å². The molecule has 1 amide bonds. The van der Waals surface area contributed by atoms with Crippen molar-refractivity contribution in [3.63, 3.8) is 0 Å². The minimum absolute atomic E-state index is 0.0845. The molecule has 24 heavy (non-hydrogen) atoms. The standard InChI is InChI=1S/C18H22N2O3S/c1-11-16-13(21)6-4-7-14(16)23-17(11)18(22)19-10-12(20(2)3)15-8-5-9-24-15/h5,8-9,12H,4,6-7,10H2,1-3H3,(H,19,22)/t12-/m1/s1. The van der Waals surface area contributed by atoms with Gasteiger partial charge in [-0.3, -0.25) is 9.59 Å². The van der Waals surface area contributed by atoms with Gasteiger partial charge in [-0.1, -0.05) is 6.07 Å². The van der Waals surface area contributed by atoms with Crippen molar-refractivity contribution >= 4 is 23.0 Å². The minimum atomic E-state index is -0.252. The number of Topliss-reactive ketones (excluding diaryl/α,β-unsaturated/α-hetero) is 1. The van der Waals surface area contributed by atoms with Gasteiger partial charge in [0.15, 0.2) is 11.5 Å². The molecule has 2 heterocycles. The Balaban J connectivity index is 1.75. The third-order valence-electron chi connectivity index (χ3n) is 4.46. The average Bonchev–Trinajstić information content (AvgIpc) is 3.16. The van der Waals surface area contributed by atoms with Gasteiger partial charge in [-0.2, -0.15) is 0 Å². The maximum Gasteiger partial charge on any atom is 0.287 e. The summed E-state index contributed by atoms with van der Waals surface area (Å²) in [6.07, 6.45) is 2.06. The fraction of sp³-hybridized carbons (Fsp3) is 0.444. The highest BCUT2D eigenvalue weighted by atomic mass is 32.1. The second-order valence-corrected chi connectivity index (χ2v) is 7.32. The number of hydrogen-bond acceptors (Lipinski definition) is 5. The first-order chi connectivity index (χ1) is 11.5. The van der Waals surface area contributed by atoms with Gasteiger partial charge in [0.25, 0.3) is 5.91 Å². The summed E-state index contributed by atoms with van der Waals surface area (Å²) in [5.74, 6) is 0.773. The average molecular weight is 346 g/mol. The molecule has 0 spiro atoms. The molecule has 0 fully saturated rings. The van der Waals surface area contributed by atoms with E-state index in [0.29, 0.717) is 29.9 Å². The van der Waals surface area contributed by atoms with Crippen molar-refractivity contribution in [2.45, 2.75) is 32.2 Å². The minimum Gasteiger partial charge on any atom is -0.455 e. The van der Waals surface area contributed by atoms with Crippen LogP contribution in [-0.4, -0.2) is 37.2 Å². The Morgan fingerprint density at radius 3 is 2.83 bits per heavy atom. The molecule has 6 heteroatoms. The summed E-state index contributed by atoms with van der Waals surface area (Å²) in [4.78, 5) is 27.9. The summed E-state index contributed by atoms with van der Waals surface area (Å²) in [5.41, 5.74) is 1.29. The van der Waals surface area contributed by atoms with E-state index in [1.165, 1.54) is 4.88 Å². The predicted octanol–water partition coefficient (Wildman–Crippen LogP) is 3.20. The largest absolute Gasteiger partial charge is 0.455 e. The lowest BCUT2D eigenvalue weighted by Crippen LogP contribution is -2.34. The van der Waals surface area contributed by atoms with Gasteiger partial charge in [0, 0.05) is 29.8 Å². The third-order valence-corrected chi connectivity index (χ3v) is 5.44. The van der Waals surface area contributed by atoms with Crippen LogP contribution in [-0.2, 0) is 6.42 Å². The number of hydrogen-bond donors (Lipinski definition) is 1. The van der Waals surface area contributed by atoms with Crippen molar-refractivity contribution < 1.29 is 14.0 Å². The van der Waals surface area contributed by atoms with Crippen LogP contribution in [0.25, 0.3) is 0 Å². The van der Waals surface area contributed by atoms with Crippen LogP contribution in [0.15, 0.2) is 21.9 Å². The van der Waals surface area contributed by atoms with Crippen molar-refractivity contribution in [3.8, 4) is 0 Å². The molecular weight excluding hydrogens is 324 g/mol. The van der Waals surface area contributed by atoms with E-state index in [1.54, 1.807) is 18.3 Å². The molecule has 0 aromatic carbocycles. The fourth-order valence-corrected chi connectivity index (χ4v) is 4.08. The summed E-state index contributed by atoms with van der Waals surface area (Å²) in [6.45, 7) is 2.29. The van der Waals surface area contributed by atoms with Gasteiger partial charge in [-0.15, -0.1) is 11.3 Å². The van der Waals surface area contributed by atoms with Crippen LogP contribution in [0.1, 0.15) is 56.0 Å². The first-order valence-electron chi connectivity index (χ1n) is 8.12. The van der Waals surface area contributed by atoms with Crippen LogP contribution < -0.4 is 5.32 Å². The Labute approximate surface area is 145 Å². The zero-order valence-electron chi connectivity index (χ0n) is 14.2. The molecule has 0 unspecified atom stereocenters. The van der Waals surface area contributed by atoms with E-state index >= 15 is 0 Å². The lowest BCUT2D eigenvalue weighted by Gasteiger charge is -2.23. The number of carbonyl (C=O) groups is 2. The summed E-state index contributed by atoms with van der Waals surface area (Å²) in [7, 11) is 3.98. The maximum atomic E-state index is 12.6. The van der Waals surface area contributed by atoms with Gasteiger partial charge in [0.05, 0.1) is 11.6 Å². The van der Waals surface area contributed by atoms with Crippen molar-refractivity contribution in [2.24, 2.45) is 0 Å². The summed E-state index contributed by atoms with van der Waals surface area (Å²) in [6, 6.07) is 4.19. The van der Waals surface area contributed by atoms with Gasteiger partial charge in [0.1, 0.15) is 5.76 Å². The Morgan fingerprint density at radius 1 is 1.42 bits per heavy atom. The number of carbonyl (C=O) groups excluding carboxylic acids is 2. The highest BCUT2D eigenvalue weighted by molar-refractivity contribution is 7.10. The molecule has 5 nitrogen and oxygen atoms in total. The Hall–Kier alpha value is -1.92. The molecule has 1 aliphatic rings. The second-order valence-electron chi connectivity index (χ2n) is 6.34. The molecule has 1 atom stereocenters. The lowest BCUT2D eigenvalue weighted by atomic mass is 9.94. The number of ketones is 1. The van der Waals surface area contributed by atoms with Gasteiger partial charge in [0.2, 0.25) is 0 Å². The van der Waals surface area contributed by atoms with E-state index in [0.717, 1.165) is 12.8 Å². The highest BCUT2D eigenvalue weighted by Gasteiger charge is 2.29. The number of fused-ring (bicyclic) bond motifs is 1. The quantitative estimate of drug-likeness (QED) is 0.903. The van der Waals surface area contributed by atoms with Crippen LogP contribution in [0, 0.1) is 6.92 Å². The van der Waals surface area contributed by atoms with Gasteiger partial charge >= 0.3 is 0 Å². The zero-order valence-corrected chi connectivity index (χ0v) is 15.0. The molecule has 2 aromatic rings. The third kappa shape index (κ3) is 3.16. The van der Waals surface area contributed by atoms with E-state index in [1.807, 2.05) is 25.5 Å². The molecule has 3 rings (SSSR count). The van der Waals surface area contributed by atoms with Crippen LogP contribution in [0.5, 0.6) is 0 Å². The van der Waals surface area contributed by atoms with Crippen LogP contribution in [0.2, 0.25) is 0 Å². The smallest absolute Gasteiger partial charge is 0.287 e. The van der Waals surface area contributed by atoms with Crippen molar-refractivity contribution in [3.05, 3.63) is 45.0 Å². The number of aryl methyl sites for hydroxylation is 1. The first-order valence-corrected chi connectivity index (χ1v) is 9.00. The van der Waals surface area contributed by atoms with Crippen LogP contribution in [0.3, 0.4) is 0 Å². The van der Waals surface area contributed by atoms with Crippen molar-refractivity contribution in [1.29, 1.82) is 0 Å². The molecule has 0 saturated carbocycles. The fourth-order valence-electron chi connectivity index (χ4n) is 3.15. The molecule has 1 aliphatic carbocycles. The van der Waals surface area contributed by atoms with Crippen LogP contribution >= 0.6 is 11.3 Å². The molecule has 2 aromatic heterocycles. The van der Waals surface area contributed by atoms with Crippen molar-refractivity contribution in [1.82, 2.24) is 10.2 Å².